The molecule has 0 saturated carbocycles. The molecule has 2 saturated heterocycles. The quantitative estimate of drug-likeness (QED) is 0.744. The number of hydrogen-bond donors (Lipinski definition) is 0. The first-order valence-corrected chi connectivity index (χ1v) is 11.4. The van der Waals surface area contributed by atoms with Crippen LogP contribution in [0.1, 0.15) is 41.8 Å². The molecule has 1 aromatic heterocycles. The second kappa shape index (κ2) is 9.44. The SMILES string of the molecule is O=C(C1CCCCN1C(=O)c1cccs1)N1CCCC(COc2ccccc2)C1. The Bertz CT molecular complexity index is 809. The zero-order valence-corrected chi connectivity index (χ0v) is 17.5. The summed E-state index contributed by atoms with van der Waals surface area (Å²) >= 11 is 1.45. The summed E-state index contributed by atoms with van der Waals surface area (Å²) in [6, 6.07) is 13.2. The van der Waals surface area contributed by atoms with E-state index in [0.717, 1.165) is 49.3 Å². The van der Waals surface area contributed by atoms with E-state index in [0.29, 0.717) is 25.6 Å². The van der Waals surface area contributed by atoms with E-state index in [1.54, 1.807) is 0 Å². The number of likely N-dealkylation sites (tertiary alicyclic amines) is 2. The number of hydrogen-bond acceptors (Lipinski definition) is 4. The van der Waals surface area contributed by atoms with Gasteiger partial charge in [-0.2, -0.15) is 0 Å². The van der Waals surface area contributed by atoms with Crippen molar-refractivity contribution in [2.75, 3.05) is 26.2 Å². The van der Waals surface area contributed by atoms with Crippen molar-refractivity contribution in [3.05, 3.63) is 52.7 Å². The van der Waals surface area contributed by atoms with Crippen molar-refractivity contribution in [2.24, 2.45) is 5.92 Å². The van der Waals surface area contributed by atoms with Gasteiger partial charge < -0.3 is 14.5 Å². The summed E-state index contributed by atoms with van der Waals surface area (Å²) in [6.07, 6.45) is 4.78. The third kappa shape index (κ3) is 4.81. The lowest BCUT2D eigenvalue weighted by Crippen LogP contribution is -2.55. The summed E-state index contributed by atoms with van der Waals surface area (Å²) in [7, 11) is 0. The highest BCUT2D eigenvalue weighted by Crippen LogP contribution is 2.26. The van der Waals surface area contributed by atoms with Gasteiger partial charge in [0.25, 0.3) is 5.91 Å². The highest BCUT2D eigenvalue weighted by atomic mass is 32.1. The van der Waals surface area contributed by atoms with E-state index >= 15 is 0 Å². The van der Waals surface area contributed by atoms with E-state index in [-0.39, 0.29) is 17.9 Å². The molecule has 0 bridgehead atoms. The van der Waals surface area contributed by atoms with Crippen LogP contribution in [0.25, 0.3) is 0 Å². The molecule has 2 aromatic rings. The molecule has 2 unspecified atom stereocenters. The monoisotopic (exact) mass is 412 g/mol. The van der Waals surface area contributed by atoms with Crippen LogP contribution in [0.15, 0.2) is 47.8 Å². The lowest BCUT2D eigenvalue weighted by Gasteiger charge is -2.40. The van der Waals surface area contributed by atoms with Gasteiger partial charge in [0.1, 0.15) is 11.8 Å². The van der Waals surface area contributed by atoms with Gasteiger partial charge >= 0.3 is 0 Å². The van der Waals surface area contributed by atoms with Gasteiger partial charge in [-0.1, -0.05) is 24.3 Å². The predicted octanol–water partition coefficient (Wildman–Crippen LogP) is 4.06. The minimum absolute atomic E-state index is 0.000907. The van der Waals surface area contributed by atoms with Crippen LogP contribution < -0.4 is 4.74 Å². The predicted molar refractivity (Wildman–Crippen MR) is 114 cm³/mol. The van der Waals surface area contributed by atoms with E-state index in [1.807, 2.05) is 57.6 Å². The Morgan fingerprint density at radius 3 is 2.66 bits per heavy atom. The smallest absolute Gasteiger partial charge is 0.264 e. The fraction of sp³-hybridized carbons (Fsp3) is 0.478. The summed E-state index contributed by atoms with van der Waals surface area (Å²) in [4.78, 5) is 30.8. The normalized spacial score (nSPS) is 22.3. The number of carbonyl (C=O) groups excluding carboxylic acids is 2. The Morgan fingerprint density at radius 1 is 1.00 bits per heavy atom. The highest BCUT2D eigenvalue weighted by molar-refractivity contribution is 7.12. The first kappa shape index (κ1) is 20.0. The second-order valence-electron chi connectivity index (χ2n) is 7.90. The number of benzene rings is 1. The largest absolute Gasteiger partial charge is 0.493 e. The molecule has 2 fully saturated rings. The molecule has 2 atom stereocenters. The van der Waals surface area contributed by atoms with Gasteiger partial charge in [-0.15, -0.1) is 11.3 Å². The van der Waals surface area contributed by atoms with Gasteiger partial charge in [-0.25, -0.2) is 0 Å². The van der Waals surface area contributed by atoms with E-state index in [9.17, 15) is 9.59 Å². The molecule has 0 N–H and O–H groups in total. The van der Waals surface area contributed by atoms with Crippen LogP contribution in [0.2, 0.25) is 0 Å². The standard InChI is InChI=1S/C23H28N2O3S/c26-22(20-11-4-5-14-25(20)23(27)21-12-7-15-29-21)24-13-6-8-18(16-24)17-28-19-9-2-1-3-10-19/h1-3,7,9-10,12,15,18,20H,4-6,8,11,13-14,16-17H2. The van der Waals surface area contributed by atoms with Crippen LogP contribution in [-0.4, -0.2) is 53.9 Å². The molecule has 0 radical (unpaired) electrons. The summed E-state index contributed by atoms with van der Waals surface area (Å²) < 4.78 is 5.93. The summed E-state index contributed by atoms with van der Waals surface area (Å²) in [5.74, 6) is 1.31. The van der Waals surface area contributed by atoms with Crippen LogP contribution in [0.3, 0.4) is 0 Å². The van der Waals surface area contributed by atoms with Crippen molar-refractivity contribution in [3.63, 3.8) is 0 Å². The third-order valence-electron chi connectivity index (χ3n) is 5.84. The topological polar surface area (TPSA) is 49.9 Å². The van der Waals surface area contributed by atoms with Crippen molar-refractivity contribution >= 4 is 23.2 Å². The molecule has 2 aliphatic heterocycles. The maximum atomic E-state index is 13.4. The van der Waals surface area contributed by atoms with Crippen LogP contribution in [-0.2, 0) is 4.79 Å². The number of rotatable bonds is 5. The average Bonchev–Trinajstić information content (AvgIpc) is 3.33. The third-order valence-corrected chi connectivity index (χ3v) is 6.70. The molecule has 6 heteroatoms. The zero-order valence-electron chi connectivity index (χ0n) is 16.7. The molecule has 2 amide bonds. The van der Waals surface area contributed by atoms with Crippen LogP contribution in [0.5, 0.6) is 5.75 Å². The molecular formula is C23H28N2O3S. The first-order valence-electron chi connectivity index (χ1n) is 10.5. The van der Waals surface area contributed by atoms with E-state index in [2.05, 4.69) is 0 Å². The number of thiophene rings is 1. The molecule has 0 spiro atoms. The fourth-order valence-corrected chi connectivity index (χ4v) is 4.99. The van der Waals surface area contributed by atoms with Crippen molar-refractivity contribution < 1.29 is 14.3 Å². The fourth-order valence-electron chi connectivity index (χ4n) is 4.32. The summed E-state index contributed by atoms with van der Waals surface area (Å²) in [6.45, 7) is 2.78. The molecule has 2 aliphatic rings. The Labute approximate surface area is 176 Å². The van der Waals surface area contributed by atoms with Crippen molar-refractivity contribution in [2.45, 2.75) is 38.1 Å². The molecule has 0 aliphatic carbocycles. The van der Waals surface area contributed by atoms with Crippen molar-refractivity contribution in [3.8, 4) is 5.75 Å². The maximum absolute atomic E-state index is 13.4. The Balaban J connectivity index is 1.38. The van der Waals surface area contributed by atoms with Gasteiger partial charge in [-0.05, 0) is 55.7 Å². The van der Waals surface area contributed by atoms with Crippen molar-refractivity contribution in [1.29, 1.82) is 0 Å². The van der Waals surface area contributed by atoms with E-state index in [1.165, 1.54) is 11.3 Å². The summed E-state index contributed by atoms with van der Waals surface area (Å²) in [5.41, 5.74) is 0. The van der Waals surface area contributed by atoms with E-state index < -0.39 is 0 Å². The van der Waals surface area contributed by atoms with Crippen molar-refractivity contribution in [1.82, 2.24) is 9.80 Å². The Morgan fingerprint density at radius 2 is 1.86 bits per heavy atom. The number of nitrogens with zero attached hydrogens (tertiary/aromatic N) is 2. The lowest BCUT2D eigenvalue weighted by molar-refractivity contribution is -0.139. The number of para-hydroxylation sites is 1. The second-order valence-corrected chi connectivity index (χ2v) is 8.85. The molecule has 5 nitrogen and oxygen atoms in total. The molecular weight excluding hydrogens is 384 g/mol. The van der Waals surface area contributed by atoms with Gasteiger partial charge in [0.15, 0.2) is 0 Å². The molecule has 154 valence electrons. The molecule has 29 heavy (non-hydrogen) atoms. The molecule has 1 aromatic carbocycles. The van der Waals surface area contributed by atoms with Crippen LogP contribution in [0.4, 0.5) is 0 Å². The Kier molecular flexibility index (Phi) is 6.49. The van der Waals surface area contributed by atoms with Gasteiger partial charge in [0, 0.05) is 25.6 Å². The van der Waals surface area contributed by atoms with Crippen LogP contribution >= 0.6 is 11.3 Å². The minimum atomic E-state index is -0.327. The van der Waals surface area contributed by atoms with Gasteiger partial charge in [0.2, 0.25) is 5.91 Å². The maximum Gasteiger partial charge on any atom is 0.264 e. The van der Waals surface area contributed by atoms with Gasteiger partial charge in [-0.3, -0.25) is 9.59 Å². The average molecular weight is 413 g/mol. The number of amides is 2. The van der Waals surface area contributed by atoms with Crippen LogP contribution in [0, 0.1) is 5.92 Å². The van der Waals surface area contributed by atoms with Gasteiger partial charge in [0.05, 0.1) is 11.5 Å². The lowest BCUT2D eigenvalue weighted by atomic mass is 9.95. The van der Waals surface area contributed by atoms with E-state index in [4.69, 9.17) is 4.74 Å². The first-order chi connectivity index (χ1) is 14.2. The summed E-state index contributed by atoms with van der Waals surface area (Å²) in [5, 5.41) is 1.91. The minimum Gasteiger partial charge on any atom is -0.493 e. The molecule has 3 heterocycles. The number of carbonyl (C=O) groups is 2. The number of piperidine rings is 2. The highest BCUT2D eigenvalue weighted by Gasteiger charge is 2.37. The zero-order chi connectivity index (χ0) is 20.1. The Hall–Kier alpha value is -2.34. The molecule has 4 rings (SSSR count). The number of ether oxygens (including phenoxy) is 1.